The Labute approximate surface area is 119 Å². The zero-order chi connectivity index (χ0) is 14.5. The first-order valence-electron chi connectivity index (χ1n) is 6.34. The Balaban J connectivity index is 1.83. The molecule has 108 valence electrons. The molecule has 0 fully saturated rings. The number of esters is 1. The van der Waals surface area contributed by atoms with E-state index in [4.69, 9.17) is 4.74 Å². The van der Waals surface area contributed by atoms with Crippen molar-refractivity contribution in [2.45, 2.75) is 32.8 Å². The molecule has 0 spiro atoms. The summed E-state index contributed by atoms with van der Waals surface area (Å²) >= 11 is 1.29. The highest BCUT2D eigenvalue weighted by Gasteiger charge is 2.07. The van der Waals surface area contributed by atoms with Crippen molar-refractivity contribution in [1.29, 1.82) is 0 Å². The number of nitrogens with one attached hydrogen (secondary N) is 1. The van der Waals surface area contributed by atoms with E-state index in [-0.39, 0.29) is 17.6 Å². The van der Waals surface area contributed by atoms with E-state index in [2.05, 4.69) is 15.4 Å². The molecule has 0 aliphatic rings. The molecule has 0 amide bonds. The van der Waals surface area contributed by atoms with Crippen LogP contribution in [0.2, 0.25) is 0 Å². The minimum Gasteiger partial charge on any atom is -0.463 e. The maximum atomic E-state index is 11.5. The number of hydrogen-bond acceptors (Lipinski definition) is 7. The van der Waals surface area contributed by atoms with Gasteiger partial charge >= 0.3 is 5.97 Å². The summed E-state index contributed by atoms with van der Waals surface area (Å²) < 4.78 is 6.28. The topological polar surface area (TPSA) is 85.6 Å². The van der Waals surface area contributed by atoms with Crippen LogP contribution in [0.5, 0.6) is 0 Å². The average molecular weight is 296 g/mol. The maximum absolute atomic E-state index is 11.5. The molecule has 2 aromatic rings. The molecule has 20 heavy (non-hydrogen) atoms. The Morgan fingerprint density at radius 3 is 3.05 bits per heavy atom. The summed E-state index contributed by atoms with van der Waals surface area (Å²) in [5, 5.41) is 7.79. The van der Waals surface area contributed by atoms with E-state index in [9.17, 15) is 9.59 Å². The van der Waals surface area contributed by atoms with Gasteiger partial charge in [0.25, 0.3) is 5.56 Å². The van der Waals surface area contributed by atoms with E-state index in [1.165, 1.54) is 28.1 Å². The fourth-order valence-electron chi connectivity index (χ4n) is 1.56. The van der Waals surface area contributed by atoms with Crippen molar-refractivity contribution in [2.75, 3.05) is 11.9 Å². The van der Waals surface area contributed by atoms with Crippen molar-refractivity contribution >= 4 is 27.4 Å². The van der Waals surface area contributed by atoms with Crippen molar-refractivity contribution in [1.82, 2.24) is 14.6 Å². The Morgan fingerprint density at radius 1 is 1.55 bits per heavy atom. The molecule has 0 saturated carbocycles. The summed E-state index contributed by atoms with van der Waals surface area (Å²) in [5.74, 6) is -0.205. The van der Waals surface area contributed by atoms with Crippen molar-refractivity contribution < 1.29 is 9.53 Å². The van der Waals surface area contributed by atoms with Gasteiger partial charge in [0, 0.05) is 25.2 Å². The zero-order valence-electron chi connectivity index (χ0n) is 11.3. The molecule has 0 aliphatic heterocycles. The van der Waals surface area contributed by atoms with E-state index in [0.717, 1.165) is 0 Å². The standard InChI is InChI=1S/C12H16N4O3S/c1-8(2)19-10(18)4-3-6-13-11-15-16-9(17)5-7-14-12(16)20-11/h5,7-8H,3-4,6H2,1-2H3,(H,13,15). The molecule has 8 heteroatoms. The first kappa shape index (κ1) is 14.4. The molecule has 0 unspecified atom stereocenters. The molecule has 2 heterocycles. The van der Waals surface area contributed by atoms with Gasteiger partial charge in [-0.3, -0.25) is 9.59 Å². The van der Waals surface area contributed by atoms with Crippen LogP contribution in [0.4, 0.5) is 5.13 Å². The largest absolute Gasteiger partial charge is 0.463 e. The summed E-state index contributed by atoms with van der Waals surface area (Å²) in [7, 11) is 0. The first-order chi connectivity index (χ1) is 9.56. The van der Waals surface area contributed by atoms with Crippen LogP contribution in [-0.4, -0.2) is 33.2 Å². The molecule has 1 N–H and O–H groups in total. The van der Waals surface area contributed by atoms with Gasteiger partial charge in [0.15, 0.2) is 0 Å². The highest BCUT2D eigenvalue weighted by atomic mass is 32.1. The number of fused-ring (bicyclic) bond motifs is 1. The normalized spacial score (nSPS) is 10.9. The van der Waals surface area contributed by atoms with Crippen molar-refractivity contribution in [2.24, 2.45) is 0 Å². The Morgan fingerprint density at radius 2 is 2.35 bits per heavy atom. The van der Waals surface area contributed by atoms with Crippen LogP contribution in [0, 0.1) is 0 Å². The van der Waals surface area contributed by atoms with Crippen LogP contribution >= 0.6 is 11.3 Å². The highest BCUT2D eigenvalue weighted by molar-refractivity contribution is 7.20. The molecule has 2 aromatic heterocycles. The molecule has 0 radical (unpaired) electrons. The van der Waals surface area contributed by atoms with Crippen LogP contribution in [-0.2, 0) is 9.53 Å². The lowest BCUT2D eigenvalue weighted by Crippen LogP contribution is -2.14. The second-order valence-electron chi connectivity index (χ2n) is 4.45. The average Bonchev–Trinajstić information content (AvgIpc) is 2.78. The SMILES string of the molecule is CC(C)OC(=O)CCCNc1nn2c(=O)ccnc2s1. The van der Waals surface area contributed by atoms with Gasteiger partial charge in [0.2, 0.25) is 10.1 Å². The summed E-state index contributed by atoms with van der Waals surface area (Å²) in [5.41, 5.74) is -0.209. The second kappa shape index (κ2) is 6.47. The van der Waals surface area contributed by atoms with E-state index in [1.54, 1.807) is 0 Å². The highest BCUT2D eigenvalue weighted by Crippen LogP contribution is 2.15. The lowest BCUT2D eigenvalue weighted by atomic mass is 10.3. The number of carbonyl (C=O) groups excluding carboxylic acids is 1. The van der Waals surface area contributed by atoms with Gasteiger partial charge in [-0.2, -0.15) is 4.52 Å². The van der Waals surface area contributed by atoms with Crippen LogP contribution in [0.25, 0.3) is 4.96 Å². The van der Waals surface area contributed by atoms with Gasteiger partial charge in [0.1, 0.15) is 0 Å². The first-order valence-corrected chi connectivity index (χ1v) is 7.16. The molecule has 2 rings (SSSR count). The predicted molar refractivity (Wildman–Crippen MR) is 76.1 cm³/mol. The predicted octanol–water partition coefficient (Wildman–Crippen LogP) is 1.29. The van der Waals surface area contributed by atoms with E-state index < -0.39 is 0 Å². The maximum Gasteiger partial charge on any atom is 0.306 e. The third kappa shape index (κ3) is 3.77. The summed E-state index contributed by atoms with van der Waals surface area (Å²) in [6.07, 6.45) is 2.37. The third-order valence-corrected chi connectivity index (χ3v) is 3.25. The van der Waals surface area contributed by atoms with Gasteiger partial charge in [-0.15, -0.1) is 5.10 Å². The summed E-state index contributed by atoms with van der Waals surface area (Å²) in [6.45, 7) is 4.23. The van der Waals surface area contributed by atoms with Crippen LogP contribution in [0.3, 0.4) is 0 Å². The number of aromatic nitrogens is 3. The molecule has 7 nitrogen and oxygen atoms in total. The number of hydrogen-bond donors (Lipinski definition) is 1. The van der Waals surface area contributed by atoms with Gasteiger partial charge in [-0.25, -0.2) is 4.98 Å². The Hall–Kier alpha value is -1.96. The molecule has 0 bridgehead atoms. The third-order valence-electron chi connectivity index (χ3n) is 2.37. The molecular formula is C12H16N4O3S. The minimum atomic E-state index is -0.209. The second-order valence-corrected chi connectivity index (χ2v) is 5.41. The monoisotopic (exact) mass is 296 g/mol. The molecule has 0 saturated heterocycles. The van der Waals surface area contributed by atoms with Gasteiger partial charge < -0.3 is 10.1 Å². The number of nitrogens with zero attached hydrogens (tertiary/aromatic N) is 3. The number of ether oxygens (including phenoxy) is 1. The summed E-state index contributed by atoms with van der Waals surface area (Å²) in [4.78, 5) is 27.4. The van der Waals surface area contributed by atoms with Gasteiger partial charge in [-0.1, -0.05) is 11.3 Å². The minimum absolute atomic E-state index is 0.0855. The van der Waals surface area contributed by atoms with Crippen LogP contribution in [0.1, 0.15) is 26.7 Å². The smallest absolute Gasteiger partial charge is 0.306 e. The van der Waals surface area contributed by atoms with Crippen LogP contribution in [0.15, 0.2) is 17.1 Å². The molecule has 0 aliphatic carbocycles. The van der Waals surface area contributed by atoms with Crippen molar-refractivity contribution in [3.05, 3.63) is 22.6 Å². The van der Waals surface area contributed by atoms with Gasteiger partial charge in [0.05, 0.1) is 6.10 Å². The van der Waals surface area contributed by atoms with E-state index >= 15 is 0 Å². The van der Waals surface area contributed by atoms with Crippen molar-refractivity contribution in [3.63, 3.8) is 0 Å². The quantitative estimate of drug-likeness (QED) is 0.638. The number of anilines is 1. The lowest BCUT2D eigenvalue weighted by molar-refractivity contribution is -0.147. The zero-order valence-corrected chi connectivity index (χ0v) is 12.1. The molecular weight excluding hydrogens is 280 g/mol. The number of rotatable bonds is 6. The fourth-order valence-corrected chi connectivity index (χ4v) is 2.37. The Kier molecular flexibility index (Phi) is 4.67. The van der Waals surface area contributed by atoms with Gasteiger partial charge in [-0.05, 0) is 20.3 Å². The molecule has 0 atom stereocenters. The fraction of sp³-hybridized carbons (Fsp3) is 0.500. The van der Waals surface area contributed by atoms with Crippen molar-refractivity contribution in [3.8, 4) is 0 Å². The summed E-state index contributed by atoms with van der Waals surface area (Å²) in [6, 6.07) is 1.36. The molecule has 0 aromatic carbocycles. The van der Waals surface area contributed by atoms with Crippen LogP contribution < -0.4 is 10.9 Å². The van der Waals surface area contributed by atoms with E-state index in [0.29, 0.717) is 29.5 Å². The number of carbonyl (C=O) groups is 1. The Bertz CT molecular complexity index is 649. The van der Waals surface area contributed by atoms with E-state index in [1.807, 2.05) is 13.8 Å². The lowest BCUT2D eigenvalue weighted by Gasteiger charge is -2.07.